The summed E-state index contributed by atoms with van der Waals surface area (Å²) in [7, 11) is 0. The minimum absolute atomic E-state index is 0.593. The first-order chi connectivity index (χ1) is 6.62. The average molecular weight is 196 g/mol. The predicted octanol–water partition coefficient (Wildman–Crippen LogP) is 1.86. The van der Waals surface area contributed by atoms with Crippen molar-refractivity contribution in [1.82, 2.24) is 10.2 Å². The molecule has 2 fully saturated rings. The van der Waals surface area contributed by atoms with E-state index in [1.54, 1.807) is 0 Å². The number of hydrogen-bond acceptors (Lipinski definition) is 2. The monoisotopic (exact) mass is 196 g/mol. The molecule has 1 unspecified atom stereocenters. The summed E-state index contributed by atoms with van der Waals surface area (Å²) in [5.41, 5.74) is 0.593. The molecule has 0 aromatic carbocycles. The topological polar surface area (TPSA) is 15.3 Å². The molecule has 1 heterocycles. The van der Waals surface area contributed by atoms with Crippen molar-refractivity contribution in [2.75, 3.05) is 19.6 Å². The van der Waals surface area contributed by atoms with E-state index in [-0.39, 0.29) is 0 Å². The Morgan fingerprint density at radius 2 is 2.00 bits per heavy atom. The molecule has 2 heteroatoms. The second-order valence-corrected chi connectivity index (χ2v) is 5.70. The molecule has 0 spiro atoms. The molecule has 1 N–H and O–H groups in total. The Kier molecular flexibility index (Phi) is 2.85. The molecule has 2 rings (SSSR count). The van der Waals surface area contributed by atoms with Crippen LogP contribution in [-0.4, -0.2) is 36.6 Å². The van der Waals surface area contributed by atoms with E-state index in [0.29, 0.717) is 5.41 Å². The summed E-state index contributed by atoms with van der Waals surface area (Å²) in [5.74, 6) is 0. The Balaban J connectivity index is 1.92. The fourth-order valence-electron chi connectivity index (χ4n) is 3.00. The molecule has 0 aromatic rings. The maximum absolute atomic E-state index is 3.38. The fourth-order valence-corrected chi connectivity index (χ4v) is 3.00. The molecule has 1 aliphatic heterocycles. The minimum Gasteiger partial charge on any atom is -0.314 e. The van der Waals surface area contributed by atoms with Gasteiger partial charge in [-0.25, -0.2) is 0 Å². The van der Waals surface area contributed by atoms with Crippen molar-refractivity contribution in [3.63, 3.8) is 0 Å². The van der Waals surface area contributed by atoms with Crippen LogP contribution >= 0.6 is 0 Å². The van der Waals surface area contributed by atoms with E-state index in [1.807, 2.05) is 0 Å². The third kappa shape index (κ3) is 1.96. The fraction of sp³-hybridized carbons (Fsp3) is 1.00. The predicted molar refractivity (Wildman–Crippen MR) is 60.5 cm³/mol. The summed E-state index contributed by atoms with van der Waals surface area (Å²) in [6, 6.07) is 1.70. The zero-order valence-electron chi connectivity index (χ0n) is 9.84. The van der Waals surface area contributed by atoms with Crippen LogP contribution in [0, 0.1) is 5.41 Å². The lowest BCUT2D eigenvalue weighted by Crippen LogP contribution is -2.59. The van der Waals surface area contributed by atoms with Crippen LogP contribution in [0.25, 0.3) is 0 Å². The van der Waals surface area contributed by atoms with Gasteiger partial charge in [-0.15, -0.1) is 0 Å². The lowest BCUT2D eigenvalue weighted by Gasteiger charge is -2.41. The van der Waals surface area contributed by atoms with Gasteiger partial charge in [0.2, 0.25) is 0 Å². The van der Waals surface area contributed by atoms with E-state index in [9.17, 15) is 0 Å². The van der Waals surface area contributed by atoms with Crippen molar-refractivity contribution in [1.29, 1.82) is 0 Å². The second kappa shape index (κ2) is 3.82. The normalized spacial score (nSPS) is 32.1. The lowest BCUT2D eigenvalue weighted by molar-refractivity contribution is 0.0978. The molecular weight excluding hydrogens is 172 g/mol. The van der Waals surface area contributed by atoms with Crippen LogP contribution < -0.4 is 5.32 Å². The van der Waals surface area contributed by atoms with Gasteiger partial charge in [-0.1, -0.05) is 20.8 Å². The zero-order valence-corrected chi connectivity index (χ0v) is 9.84. The number of rotatable bonds is 3. The smallest absolute Gasteiger partial charge is 0.0348 e. The highest BCUT2D eigenvalue weighted by Crippen LogP contribution is 2.40. The van der Waals surface area contributed by atoms with E-state index in [2.05, 4.69) is 31.0 Å². The Bertz CT molecular complexity index is 196. The molecule has 14 heavy (non-hydrogen) atoms. The largest absolute Gasteiger partial charge is 0.314 e. The van der Waals surface area contributed by atoms with Crippen LogP contribution in [0.3, 0.4) is 0 Å². The van der Waals surface area contributed by atoms with Crippen molar-refractivity contribution in [3.05, 3.63) is 0 Å². The molecule has 2 aliphatic rings. The van der Waals surface area contributed by atoms with E-state index in [4.69, 9.17) is 0 Å². The molecule has 0 bridgehead atoms. The van der Waals surface area contributed by atoms with Crippen LogP contribution in [0.1, 0.15) is 40.0 Å². The van der Waals surface area contributed by atoms with Gasteiger partial charge < -0.3 is 5.32 Å². The molecule has 0 amide bonds. The molecule has 0 aromatic heterocycles. The quantitative estimate of drug-likeness (QED) is 0.741. The van der Waals surface area contributed by atoms with Crippen LogP contribution in [0.15, 0.2) is 0 Å². The van der Waals surface area contributed by atoms with Crippen molar-refractivity contribution < 1.29 is 0 Å². The average Bonchev–Trinajstić information content (AvgIpc) is 2.37. The van der Waals surface area contributed by atoms with E-state index in [0.717, 1.165) is 12.1 Å². The van der Waals surface area contributed by atoms with Crippen molar-refractivity contribution >= 4 is 0 Å². The van der Waals surface area contributed by atoms with Gasteiger partial charge in [0, 0.05) is 25.2 Å². The third-order valence-electron chi connectivity index (χ3n) is 4.01. The molecule has 1 atom stereocenters. The first-order valence-corrected chi connectivity index (χ1v) is 6.09. The Morgan fingerprint density at radius 3 is 2.36 bits per heavy atom. The Hall–Kier alpha value is -0.0800. The summed E-state index contributed by atoms with van der Waals surface area (Å²) in [6.07, 6.45) is 4.23. The van der Waals surface area contributed by atoms with Gasteiger partial charge in [0.05, 0.1) is 0 Å². The summed E-state index contributed by atoms with van der Waals surface area (Å²) in [5, 5.41) is 3.38. The second-order valence-electron chi connectivity index (χ2n) is 5.70. The van der Waals surface area contributed by atoms with Crippen LogP contribution in [0.2, 0.25) is 0 Å². The Morgan fingerprint density at radius 1 is 1.29 bits per heavy atom. The molecule has 1 aliphatic carbocycles. The van der Waals surface area contributed by atoms with Gasteiger partial charge in [0.15, 0.2) is 0 Å². The number of likely N-dealkylation sites (N-methyl/N-ethyl adjacent to an activating group) is 1. The van der Waals surface area contributed by atoms with Gasteiger partial charge in [-0.3, -0.25) is 4.90 Å². The summed E-state index contributed by atoms with van der Waals surface area (Å²) >= 11 is 0. The maximum atomic E-state index is 3.38. The summed E-state index contributed by atoms with van der Waals surface area (Å²) < 4.78 is 0. The highest BCUT2D eigenvalue weighted by Gasteiger charge is 2.37. The lowest BCUT2D eigenvalue weighted by atomic mass is 9.91. The van der Waals surface area contributed by atoms with Crippen LogP contribution in [-0.2, 0) is 0 Å². The van der Waals surface area contributed by atoms with E-state index < -0.39 is 0 Å². The minimum atomic E-state index is 0.593. The van der Waals surface area contributed by atoms with Crippen molar-refractivity contribution in [2.24, 2.45) is 5.41 Å². The van der Waals surface area contributed by atoms with Crippen molar-refractivity contribution in [2.45, 2.75) is 52.1 Å². The first kappa shape index (κ1) is 10.4. The van der Waals surface area contributed by atoms with Gasteiger partial charge in [0.1, 0.15) is 0 Å². The highest BCUT2D eigenvalue weighted by atomic mass is 15.3. The molecule has 1 saturated heterocycles. The van der Waals surface area contributed by atoms with Crippen LogP contribution in [0.5, 0.6) is 0 Å². The van der Waals surface area contributed by atoms with Gasteiger partial charge >= 0.3 is 0 Å². The van der Waals surface area contributed by atoms with Crippen LogP contribution in [0.4, 0.5) is 0 Å². The van der Waals surface area contributed by atoms with E-state index >= 15 is 0 Å². The maximum Gasteiger partial charge on any atom is 0.0348 e. The third-order valence-corrected chi connectivity index (χ3v) is 4.01. The van der Waals surface area contributed by atoms with E-state index in [1.165, 1.54) is 38.9 Å². The first-order valence-electron chi connectivity index (χ1n) is 6.09. The Labute approximate surface area is 88.1 Å². The standard InChI is InChI=1S/C12H24N2/c1-4-14(11-8-13-9-11)10-5-6-12(2,3)7-10/h10-11,13H,4-9H2,1-3H3. The molecular formula is C12H24N2. The van der Waals surface area contributed by atoms with Gasteiger partial charge in [-0.2, -0.15) is 0 Å². The summed E-state index contributed by atoms with van der Waals surface area (Å²) in [4.78, 5) is 2.73. The van der Waals surface area contributed by atoms with Crippen molar-refractivity contribution in [3.8, 4) is 0 Å². The number of nitrogens with one attached hydrogen (secondary N) is 1. The number of nitrogens with zero attached hydrogens (tertiary/aromatic N) is 1. The molecule has 2 nitrogen and oxygen atoms in total. The molecule has 82 valence electrons. The molecule has 1 saturated carbocycles. The SMILES string of the molecule is CCN(C1CNC1)C1CCC(C)(C)C1. The number of hydrogen-bond donors (Lipinski definition) is 1. The van der Waals surface area contributed by atoms with Gasteiger partial charge in [0.25, 0.3) is 0 Å². The highest BCUT2D eigenvalue weighted by molar-refractivity contribution is 4.93. The summed E-state index contributed by atoms with van der Waals surface area (Å²) in [6.45, 7) is 10.8. The zero-order chi connectivity index (χ0) is 10.2. The van der Waals surface area contributed by atoms with Gasteiger partial charge in [-0.05, 0) is 31.2 Å². The molecule has 0 radical (unpaired) electrons.